The summed E-state index contributed by atoms with van der Waals surface area (Å²) >= 11 is 0. The molecule has 3 N–H and O–H groups in total. The van der Waals surface area contributed by atoms with E-state index < -0.39 is 6.04 Å². The van der Waals surface area contributed by atoms with Gasteiger partial charge >= 0.3 is 0 Å². The maximum Gasteiger partial charge on any atom is 0.237 e. The van der Waals surface area contributed by atoms with Gasteiger partial charge in [0.05, 0.1) is 18.8 Å². The largest absolute Gasteiger partial charge is 0.444 e. The van der Waals surface area contributed by atoms with Crippen LogP contribution in [0.5, 0.6) is 0 Å². The highest BCUT2D eigenvalue weighted by Gasteiger charge is 2.12. The first kappa shape index (κ1) is 12.7. The number of rotatable bonds is 6. The molecule has 1 rings (SSSR count). The van der Waals surface area contributed by atoms with E-state index >= 15 is 0 Å². The van der Waals surface area contributed by atoms with Gasteiger partial charge in [-0.15, -0.1) is 0 Å². The molecular formula is C11H19N3O2. The minimum atomic E-state index is -0.439. The van der Waals surface area contributed by atoms with Crippen molar-refractivity contribution in [3.8, 4) is 0 Å². The van der Waals surface area contributed by atoms with Gasteiger partial charge in [-0.3, -0.25) is 4.79 Å². The number of aryl methyl sites for hydroxylation is 1. The molecule has 0 spiro atoms. The Bertz CT molecular complexity index is 336. The number of carbonyl (C=O) groups is 1. The molecule has 0 radical (unpaired) electrons. The van der Waals surface area contributed by atoms with Crippen LogP contribution in [0.4, 0.5) is 0 Å². The van der Waals surface area contributed by atoms with Crippen molar-refractivity contribution in [3.63, 3.8) is 0 Å². The number of hydrogen-bond donors (Lipinski definition) is 2. The second-order valence-corrected chi connectivity index (χ2v) is 3.69. The van der Waals surface area contributed by atoms with Gasteiger partial charge in [0.2, 0.25) is 11.8 Å². The van der Waals surface area contributed by atoms with Crippen LogP contribution < -0.4 is 11.1 Å². The second-order valence-electron chi connectivity index (χ2n) is 3.69. The van der Waals surface area contributed by atoms with Gasteiger partial charge in [-0.2, -0.15) is 0 Å². The Hall–Kier alpha value is -1.36. The molecule has 1 heterocycles. The van der Waals surface area contributed by atoms with Crippen molar-refractivity contribution >= 4 is 5.91 Å². The molecule has 16 heavy (non-hydrogen) atoms. The normalized spacial score (nSPS) is 12.4. The van der Waals surface area contributed by atoms with Gasteiger partial charge < -0.3 is 15.5 Å². The van der Waals surface area contributed by atoms with Crippen molar-refractivity contribution in [1.29, 1.82) is 0 Å². The Morgan fingerprint density at radius 1 is 1.62 bits per heavy atom. The topological polar surface area (TPSA) is 81.2 Å². The fourth-order valence-corrected chi connectivity index (χ4v) is 1.33. The summed E-state index contributed by atoms with van der Waals surface area (Å²) in [5, 5.41) is 2.70. The van der Waals surface area contributed by atoms with Crippen LogP contribution in [0.15, 0.2) is 10.6 Å². The molecule has 0 bridgehead atoms. The average molecular weight is 225 g/mol. The summed E-state index contributed by atoms with van der Waals surface area (Å²) in [5.41, 5.74) is 5.66. The zero-order valence-electron chi connectivity index (χ0n) is 9.82. The van der Waals surface area contributed by atoms with Crippen LogP contribution in [-0.4, -0.2) is 16.9 Å². The molecular weight excluding hydrogens is 206 g/mol. The third kappa shape index (κ3) is 3.66. The van der Waals surface area contributed by atoms with Crippen LogP contribution in [0.3, 0.4) is 0 Å². The van der Waals surface area contributed by atoms with Crippen LogP contribution in [0, 0.1) is 0 Å². The maximum absolute atomic E-state index is 11.5. The summed E-state index contributed by atoms with van der Waals surface area (Å²) in [4.78, 5) is 15.5. The van der Waals surface area contributed by atoms with Crippen molar-refractivity contribution in [2.75, 3.05) is 0 Å². The lowest BCUT2D eigenvalue weighted by Gasteiger charge is -2.09. The Labute approximate surface area is 95.4 Å². The highest BCUT2D eigenvalue weighted by molar-refractivity contribution is 5.81. The number of amides is 1. The van der Waals surface area contributed by atoms with Crippen LogP contribution in [0.25, 0.3) is 0 Å². The summed E-state index contributed by atoms with van der Waals surface area (Å²) in [6, 6.07) is -0.439. The summed E-state index contributed by atoms with van der Waals surface area (Å²) in [6.45, 7) is 4.28. The molecule has 0 saturated heterocycles. The number of nitrogens with zero attached hydrogens (tertiary/aromatic N) is 1. The molecule has 1 aromatic heterocycles. The average Bonchev–Trinajstić information content (AvgIpc) is 2.74. The summed E-state index contributed by atoms with van der Waals surface area (Å²) in [6.07, 6.45) is 4.06. The van der Waals surface area contributed by atoms with Gasteiger partial charge in [0.1, 0.15) is 5.76 Å². The van der Waals surface area contributed by atoms with E-state index in [0.717, 1.165) is 18.6 Å². The predicted octanol–water partition coefficient (Wildman–Crippen LogP) is 0.981. The van der Waals surface area contributed by atoms with Crippen molar-refractivity contribution in [2.24, 2.45) is 5.73 Å². The first-order valence-electron chi connectivity index (χ1n) is 5.64. The van der Waals surface area contributed by atoms with E-state index in [-0.39, 0.29) is 5.91 Å². The number of aromatic nitrogens is 1. The van der Waals surface area contributed by atoms with E-state index in [4.69, 9.17) is 10.2 Å². The fraction of sp³-hybridized carbons (Fsp3) is 0.636. The van der Waals surface area contributed by atoms with E-state index in [0.29, 0.717) is 18.9 Å². The SMILES string of the molecule is CCC[C@H](N)C(=O)NCc1ncc(CC)o1. The van der Waals surface area contributed by atoms with Crippen LogP contribution in [-0.2, 0) is 17.8 Å². The van der Waals surface area contributed by atoms with Crippen LogP contribution >= 0.6 is 0 Å². The maximum atomic E-state index is 11.5. The smallest absolute Gasteiger partial charge is 0.237 e. The molecule has 1 amide bonds. The Morgan fingerprint density at radius 2 is 2.38 bits per heavy atom. The fourth-order valence-electron chi connectivity index (χ4n) is 1.33. The first-order valence-corrected chi connectivity index (χ1v) is 5.64. The van der Waals surface area contributed by atoms with Crippen molar-refractivity contribution < 1.29 is 9.21 Å². The van der Waals surface area contributed by atoms with Crippen molar-refractivity contribution in [3.05, 3.63) is 17.8 Å². The molecule has 0 fully saturated rings. The standard InChI is InChI=1S/C11H19N3O2/c1-3-5-9(12)11(15)14-7-10-13-6-8(4-2)16-10/h6,9H,3-5,7,12H2,1-2H3,(H,14,15)/t9-/m0/s1. The number of hydrogen-bond acceptors (Lipinski definition) is 4. The van der Waals surface area contributed by atoms with Gasteiger partial charge in [0.25, 0.3) is 0 Å². The van der Waals surface area contributed by atoms with E-state index in [1.807, 2.05) is 13.8 Å². The van der Waals surface area contributed by atoms with Crippen molar-refractivity contribution in [2.45, 2.75) is 45.7 Å². The second kappa shape index (κ2) is 6.27. The molecule has 5 nitrogen and oxygen atoms in total. The molecule has 0 aromatic carbocycles. The quantitative estimate of drug-likeness (QED) is 0.756. The number of carbonyl (C=O) groups excluding carboxylic acids is 1. The van der Waals surface area contributed by atoms with Crippen LogP contribution in [0.1, 0.15) is 38.3 Å². The molecule has 1 aromatic rings. The molecule has 0 aliphatic heterocycles. The molecule has 0 aliphatic carbocycles. The van der Waals surface area contributed by atoms with Gasteiger partial charge in [-0.25, -0.2) is 4.98 Å². The Morgan fingerprint density at radius 3 is 2.94 bits per heavy atom. The number of nitrogens with one attached hydrogen (secondary N) is 1. The molecule has 1 atom stereocenters. The van der Waals surface area contributed by atoms with E-state index in [2.05, 4.69) is 10.3 Å². The minimum absolute atomic E-state index is 0.155. The molecule has 90 valence electrons. The van der Waals surface area contributed by atoms with Gasteiger partial charge in [-0.1, -0.05) is 20.3 Å². The predicted molar refractivity (Wildman–Crippen MR) is 60.6 cm³/mol. The van der Waals surface area contributed by atoms with Crippen LogP contribution in [0.2, 0.25) is 0 Å². The molecule has 5 heteroatoms. The lowest BCUT2D eigenvalue weighted by Crippen LogP contribution is -2.40. The minimum Gasteiger partial charge on any atom is -0.444 e. The lowest BCUT2D eigenvalue weighted by molar-refractivity contribution is -0.122. The van der Waals surface area contributed by atoms with E-state index in [9.17, 15) is 4.79 Å². The highest BCUT2D eigenvalue weighted by atomic mass is 16.4. The van der Waals surface area contributed by atoms with Gasteiger partial charge in [0, 0.05) is 6.42 Å². The summed E-state index contributed by atoms with van der Waals surface area (Å²) in [5.74, 6) is 1.19. The third-order valence-electron chi connectivity index (χ3n) is 2.30. The van der Waals surface area contributed by atoms with E-state index in [1.165, 1.54) is 0 Å². The number of oxazole rings is 1. The Kier molecular flexibility index (Phi) is 4.98. The molecule has 0 aliphatic rings. The monoisotopic (exact) mass is 225 g/mol. The van der Waals surface area contributed by atoms with Gasteiger partial charge in [-0.05, 0) is 6.42 Å². The van der Waals surface area contributed by atoms with E-state index in [1.54, 1.807) is 6.20 Å². The Balaban J connectivity index is 2.36. The molecule has 0 saturated carbocycles. The molecule has 0 unspecified atom stereocenters. The highest BCUT2D eigenvalue weighted by Crippen LogP contribution is 2.03. The zero-order valence-corrected chi connectivity index (χ0v) is 9.82. The van der Waals surface area contributed by atoms with Gasteiger partial charge in [0.15, 0.2) is 0 Å². The first-order chi connectivity index (χ1) is 7.67. The van der Waals surface area contributed by atoms with Crippen molar-refractivity contribution in [1.82, 2.24) is 10.3 Å². The zero-order chi connectivity index (χ0) is 12.0. The summed E-state index contributed by atoms with van der Waals surface area (Å²) in [7, 11) is 0. The number of nitrogens with two attached hydrogens (primary N) is 1. The third-order valence-corrected chi connectivity index (χ3v) is 2.30. The summed E-state index contributed by atoms with van der Waals surface area (Å²) < 4.78 is 5.36. The lowest BCUT2D eigenvalue weighted by atomic mass is 10.2.